The number of aromatic nitrogens is 1. The van der Waals surface area contributed by atoms with Gasteiger partial charge in [0.2, 0.25) is 0 Å². The number of thiazole rings is 1. The summed E-state index contributed by atoms with van der Waals surface area (Å²) in [4.78, 5) is 54.2. The summed E-state index contributed by atoms with van der Waals surface area (Å²) in [6.45, 7) is 6.49. The normalized spacial score (nSPS) is 14.6. The molecule has 42 heavy (non-hydrogen) atoms. The van der Waals surface area contributed by atoms with E-state index in [-0.39, 0.29) is 28.2 Å². The molecule has 1 aliphatic rings. The smallest absolute Gasteiger partial charge is 0.338 e. The van der Waals surface area contributed by atoms with Crippen LogP contribution in [0.3, 0.4) is 0 Å². The van der Waals surface area contributed by atoms with Crippen molar-refractivity contribution in [2.45, 2.75) is 19.9 Å². The number of nitro benzene ring substituents is 1. The number of para-hydroxylation sites is 1. The summed E-state index contributed by atoms with van der Waals surface area (Å²) >= 11 is 1.10. The number of carbonyl (C=O) groups is 2. The lowest BCUT2D eigenvalue weighted by Crippen LogP contribution is -2.39. The van der Waals surface area contributed by atoms with Crippen LogP contribution in [-0.4, -0.2) is 28.0 Å². The Balaban J connectivity index is 1.61. The number of rotatable bonds is 8. The molecule has 0 amide bonds. The van der Waals surface area contributed by atoms with Gasteiger partial charge in [0.15, 0.2) is 4.80 Å². The number of carbonyl (C=O) groups excluding carboxylic acids is 2. The second kappa shape index (κ2) is 11.6. The molecule has 212 valence electrons. The van der Waals surface area contributed by atoms with E-state index < -0.39 is 28.5 Å². The average molecular weight is 586 g/mol. The van der Waals surface area contributed by atoms with Crippen molar-refractivity contribution in [2.24, 2.45) is 4.99 Å². The fourth-order valence-electron chi connectivity index (χ4n) is 4.54. The van der Waals surface area contributed by atoms with Gasteiger partial charge in [-0.1, -0.05) is 48.3 Å². The summed E-state index contributed by atoms with van der Waals surface area (Å²) in [7, 11) is 0. The number of hydrogen-bond acceptors (Lipinski definition) is 10. The Kier molecular flexibility index (Phi) is 7.80. The number of hydrogen-bond donors (Lipinski definition) is 0. The van der Waals surface area contributed by atoms with Crippen molar-refractivity contribution < 1.29 is 28.4 Å². The highest BCUT2D eigenvalue weighted by Gasteiger charge is 2.33. The van der Waals surface area contributed by atoms with E-state index >= 15 is 0 Å². The van der Waals surface area contributed by atoms with Crippen LogP contribution in [-0.2, 0) is 14.3 Å². The second-order valence-corrected chi connectivity index (χ2v) is 10.1. The zero-order valence-corrected chi connectivity index (χ0v) is 23.3. The van der Waals surface area contributed by atoms with Gasteiger partial charge in [-0.25, -0.2) is 9.79 Å². The van der Waals surface area contributed by atoms with Gasteiger partial charge in [0.25, 0.3) is 11.2 Å². The quantitative estimate of drug-likeness (QED) is 0.0991. The lowest BCUT2D eigenvalue weighted by atomic mass is 9.96. The molecule has 0 N–H and O–H groups in total. The number of furan rings is 1. The van der Waals surface area contributed by atoms with Gasteiger partial charge in [0.1, 0.15) is 23.9 Å². The largest absolute Gasteiger partial charge is 0.458 e. The first-order valence-corrected chi connectivity index (χ1v) is 13.4. The Morgan fingerprint density at radius 2 is 1.90 bits per heavy atom. The maximum Gasteiger partial charge on any atom is 0.338 e. The SMILES string of the molecule is C=CCOC(=O)C1=C(C)N=c2s/c(=C\c3ccc(-c4ccccc4[N+](=O)[O-])o3)c(=O)n2[C@H]1c1ccc(OC(C)=O)cc1. The third-order valence-corrected chi connectivity index (χ3v) is 7.28. The van der Waals surface area contributed by atoms with E-state index in [4.69, 9.17) is 13.9 Å². The highest BCUT2D eigenvalue weighted by Crippen LogP contribution is 2.33. The van der Waals surface area contributed by atoms with Crippen LogP contribution < -0.4 is 19.6 Å². The maximum absolute atomic E-state index is 13.8. The Hall–Kier alpha value is -5.36. The summed E-state index contributed by atoms with van der Waals surface area (Å²) in [6.07, 6.45) is 2.96. The topological polar surface area (TPSA) is 143 Å². The molecule has 0 radical (unpaired) electrons. The summed E-state index contributed by atoms with van der Waals surface area (Å²) in [6, 6.07) is 15.0. The van der Waals surface area contributed by atoms with Crippen LogP contribution in [0.1, 0.15) is 31.2 Å². The van der Waals surface area contributed by atoms with Crippen molar-refractivity contribution in [3.05, 3.63) is 126 Å². The van der Waals surface area contributed by atoms with Crippen LogP contribution in [0.15, 0.2) is 98.8 Å². The van der Waals surface area contributed by atoms with E-state index in [2.05, 4.69) is 11.6 Å². The fraction of sp³-hybridized carbons (Fsp3) is 0.133. The van der Waals surface area contributed by atoms with Gasteiger partial charge in [-0.2, -0.15) is 0 Å². The van der Waals surface area contributed by atoms with Crippen molar-refractivity contribution in [3.8, 4) is 17.1 Å². The van der Waals surface area contributed by atoms with Gasteiger partial charge in [0.05, 0.1) is 32.3 Å². The lowest BCUT2D eigenvalue weighted by Gasteiger charge is -2.24. The Morgan fingerprint density at radius 1 is 1.17 bits per heavy atom. The molecule has 0 spiro atoms. The Bertz CT molecular complexity index is 1950. The number of nitrogens with zero attached hydrogens (tertiary/aromatic N) is 3. The molecule has 0 saturated heterocycles. The van der Waals surface area contributed by atoms with E-state index in [9.17, 15) is 24.5 Å². The molecule has 5 rings (SSSR count). The number of esters is 2. The Morgan fingerprint density at radius 3 is 2.60 bits per heavy atom. The van der Waals surface area contributed by atoms with E-state index in [1.807, 2.05) is 0 Å². The van der Waals surface area contributed by atoms with Crippen molar-refractivity contribution in [1.82, 2.24) is 4.57 Å². The minimum atomic E-state index is -0.883. The van der Waals surface area contributed by atoms with Crippen LogP contribution in [0.25, 0.3) is 17.4 Å². The highest BCUT2D eigenvalue weighted by atomic mass is 32.1. The number of allylic oxidation sites excluding steroid dienone is 1. The molecular formula is C30H23N3O8S. The molecule has 0 bridgehead atoms. The van der Waals surface area contributed by atoms with Crippen LogP contribution >= 0.6 is 11.3 Å². The average Bonchev–Trinajstić information content (AvgIpc) is 3.55. The minimum absolute atomic E-state index is 0.0292. The van der Waals surface area contributed by atoms with Crippen molar-refractivity contribution in [2.75, 3.05) is 6.61 Å². The van der Waals surface area contributed by atoms with Crippen molar-refractivity contribution in [3.63, 3.8) is 0 Å². The molecular weight excluding hydrogens is 562 g/mol. The Labute approximate surface area is 242 Å². The van der Waals surface area contributed by atoms with E-state index in [1.54, 1.807) is 61.5 Å². The molecule has 2 aromatic heterocycles. The predicted octanol–water partition coefficient (Wildman–Crippen LogP) is 4.06. The third kappa shape index (κ3) is 5.47. The maximum atomic E-state index is 13.8. The van der Waals surface area contributed by atoms with E-state index in [0.717, 1.165) is 11.3 Å². The molecule has 4 aromatic rings. The van der Waals surface area contributed by atoms with Gasteiger partial charge in [-0.05, 0) is 42.8 Å². The van der Waals surface area contributed by atoms with Crippen molar-refractivity contribution in [1.29, 1.82) is 0 Å². The molecule has 1 aliphatic heterocycles. The van der Waals surface area contributed by atoms with Gasteiger partial charge < -0.3 is 13.9 Å². The zero-order chi connectivity index (χ0) is 30.0. The van der Waals surface area contributed by atoms with Crippen LogP contribution in [0.5, 0.6) is 5.75 Å². The monoisotopic (exact) mass is 585 g/mol. The molecule has 2 aromatic carbocycles. The summed E-state index contributed by atoms with van der Waals surface area (Å²) in [5.74, 6) is -0.252. The van der Waals surface area contributed by atoms with E-state index in [1.165, 1.54) is 29.7 Å². The standard InChI is InChI=1S/C30H23N3O8S/c1-4-15-39-29(36)26-17(2)31-30-32(27(26)19-9-11-20(12-10-19)40-18(3)34)28(35)25(42-30)16-21-13-14-24(41-21)22-7-5-6-8-23(22)33(37)38/h4-14,16,27H,1,15H2,2-3H3/b25-16-/t27-/m0/s1. The molecule has 0 fully saturated rings. The van der Waals surface area contributed by atoms with Gasteiger partial charge in [0, 0.05) is 19.1 Å². The first kappa shape index (κ1) is 28.2. The summed E-state index contributed by atoms with van der Waals surface area (Å²) in [5, 5.41) is 11.5. The van der Waals surface area contributed by atoms with Crippen LogP contribution in [0, 0.1) is 10.1 Å². The number of ether oxygens (including phenoxy) is 2. The van der Waals surface area contributed by atoms with Gasteiger partial charge >= 0.3 is 11.9 Å². The zero-order valence-electron chi connectivity index (χ0n) is 22.4. The van der Waals surface area contributed by atoms with Crippen LogP contribution in [0.2, 0.25) is 0 Å². The third-order valence-electron chi connectivity index (χ3n) is 6.30. The van der Waals surface area contributed by atoms with Gasteiger partial charge in [-0.15, -0.1) is 0 Å². The number of fused-ring (bicyclic) bond motifs is 1. The second-order valence-electron chi connectivity index (χ2n) is 9.11. The fourth-order valence-corrected chi connectivity index (χ4v) is 5.57. The predicted molar refractivity (Wildman–Crippen MR) is 153 cm³/mol. The molecule has 0 saturated carbocycles. The summed E-state index contributed by atoms with van der Waals surface area (Å²) in [5.41, 5.74) is 0.881. The molecule has 1 atom stereocenters. The first-order chi connectivity index (χ1) is 20.2. The molecule has 11 nitrogen and oxygen atoms in total. The van der Waals surface area contributed by atoms with Crippen molar-refractivity contribution >= 4 is 35.0 Å². The first-order valence-electron chi connectivity index (χ1n) is 12.6. The van der Waals surface area contributed by atoms with E-state index in [0.29, 0.717) is 33.1 Å². The molecule has 12 heteroatoms. The highest BCUT2D eigenvalue weighted by molar-refractivity contribution is 7.07. The lowest BCUT2D eigenvalue weighted by molar-refractivity contribution is -0.384. The number of benzene rings is 2. The number of nitro groups is 1. The summed E-state index contributed by atoms with van der Waals surface area (Å²) < 4.78 is 18.0. The molecule has 3 heterocycles. The molecule has 0 unspecified atom stereocenters. The van der Waals surface area contributed by atoms with Gasteiger partial charge in [-0.3, -0.25) is 24.3 Å². The minimum Gasteiger partial charge on any atom is -0.458 e. The molecule has 0 aliphatic carbocycles. The van der Waals surface area contributed by atoms with Crippen LogP contribution in [0.4, 0.5) is 5.69 Å².